The lowest BCUT2D eigenvalue weighted by molar-refractivity contribution is -0.183. The first-order chi connectivity index (χ1) is 9.43. The second kappa shape index (κ2) is 6.08. The average Bonchev–Trinajstić information content (AvgIpc) is 2.46. The minimum absolute atomic E-state index is 0.00185. The Kier molecular flexibility index (Phi) is 4.62. The number of hydrogen-bond donors (Lipinski definition) is 0. The van der Waals surface area contributed by atoms with Crippen LogP contribution < -0.4 is 0 Å². The molecule has 0 bridgehead atoms. The zero-order chi connectivity index (χ0) is 14.8. The molecular formula is C14H16F3NOS. The van der Waals surface area contributed by atoms with Crippen LogP contribution in [-0.2, 0) is 0 Å². The molecule has 1 atom stereocenters. The molecule has 1 aromatic carbocycles. The average molecular weight is 303 g/mol. The minimum Gasteiger partial charge on any atom is -0.327 e. The number of nitrogens with zero attached hydrogens (tertiary/aromatic N) is 1. The number of carbonyl (C=O) groups is 1. The predicted molar refractivity (Wildman–Crippen MR) is 73.0 cm³/mol. The van der Waals surface area contributed by atoms with Crippen molar-refractivity contribution in [1.29, 1.82) is 0 Å². The van der Waals surface area contributed by atoms with Gasteiger partial charge < -0.3 is 4.90 Å². The summed E-state index contributed by atoms with van der Waals surface area (Å²) in [4.78, 5) is 14.2. The largest absolute Gasteiger partial charge is 0.408 e. The molecule has 110 valence electrons. The molecule has 0 radical (unpaired) electrons. The molecule has 6 heteroatoms. The smallest absolute Gasteiger partial charge is 0.327 e. The van der Waals surface area contributed by atoms with Crippen molar-refractivity contribution in [3.8, 4) is 0 Å². The van der Waals surface area contributed by atoms with E-state index in [0.29, 0.717) is 18.4 Å². The summed E-state index contributed by atoms with van der Waals surface area (Å²) in [6, 6.07) is 5.05. The van der Waals surface area contributed by atoms with Gasteiger partial charge >= 0.3 is 6.18 Å². The van der Waals surface area contributed by atoms with E-state index in [9.17, 15) is 18.0 Å². The van der Waals surface area contributed by atoms with Gasteiger partial charge in [-0.05, 0) is 49.8 Å². The Morgan fingerprint density at radius 2 is 1.90 bits per heavy atom. The van der Waals surface area contributed by atoms with Crippen LogP contribution in [0, 0.1) is 0 Å². The number of alkyl halides is 3. The fourth-order valence-corrected chi connectivity index (χ4v) is 2.82. The lowest BCUT2D eigenvalue weighted by Gasteiger charge is -2.36. The van der Waals surface area contributed by atoms with Crippen LogP contribution in [0.5, 0.6) is 0 Å². The van der Waals surface area contributed by atoms with Crippen molar-refractivity contribution in [2.24, 2.45) is 0 Å². The second-order valence-electron chi connectivity index (χ2n) is 4.78. The standard InChI is InChI=1S/C14H16F3NOS/c1-20-11-7-5-10(6-8-11)13(19)18-9-3-2-4-12(18)14(15,16)17/h5-8,12H,2-4,9H2,1H3. The third-order valence-corrected chi connectivity index (χ3v) is 4.22. The molecule has 1 amide bonds. The predicted octanol–water partition coefficient (Wildman–Crippen LogP) is 3.97. The summed E-state index contributed by atoms with van der Waals surface area (Å²) in [5.41, 5.74) is 0.318. The second-order valence-corrected chi connectivity index (χ2v) is 5.66. The molecule has 0 aliphatic carbocycles. The molecule has 1 unspecified atom stereocenters. The Hall–Kier alpha value is -1.17. The van der Waals surface area contributed by atoms with E-state index in [2.05, 4.69) is 0 Å². The van der Waals surface area contributed by atoms with E-state index < -0.39 is 18.1 Å². The van der Waals surface area contributed by atoms with E-state index >= 15 is 0 Å². The molecule has 0 N–H and O–H groups in total. The van der Waals surface area contributed by atoms with E-state index in [0.717, 1.165) is 9.80 Å². The SMILES string of the molecule is CSc1ccc(C(=O)N2CCCCC2C(F)(F)F)cc1. The fourth-order valence-electron chi connectivity index (χ4n) is 2.41. The van der Waals surface area contributed by atoms with Gasteiger partial charge in [-0.2, -0.15) is 13.2 Å². The molecule has 1 heterocycles. The van der Waals surface area contributed by atoms with Gasteiger partial charge in [0.1, 0.15) is 6.04 Å². The maximum Gasteiger partial charge on any atom is 0.408 e. The summed E-state index contributed by atoms with van der Waals surface area (Å²) >= 11 is 1.52. The molecule has 2 rings (SSSR count). The van der Waals surface area contributed by atoms with Crippen molar-refractivity contribution in [2.45, 2.75) is 36.4 Å². The Labute approximate surface area is 120 Å². The highest BCUT2D eigenvalue weighted by molar-refractivity contribution is 7.98. The van der Waals surface area contributed by atoms with Gasteiger partial charge in [-0.15, -0.1) is 11.8 Å². The summed E-state index contributed by atoms with van der Waals surface area (Å²) in [5.74, 6) is -0.528. The minimum atomic E-state index is -4.35. The van der Waals surface area contributed by atoms with Crippen LogP contribution in [0.4, 0.5) is 13.2 Å². The highest BCUT2D eigenvalue weighted by Crippen LogP contribution is 2.32. The number of hydrogen-bond acceptors (Lipinski definition) is 2. The third-order valence-electron chi connectivity index (χ3n) is 3.48. The Morgan fingerprint density at radius 3 is 2.45 bits per heavy atom. The van der Waals surface area contributed by atoms with Crippen LogP contribution in [0.3, 0.4) is 0 Å². The topological polar surface area (TPSA) is 20.3 Å². The zero-order valence-electron chi connectivity index (χ0n) is 11.1. The van der Waals surface area contributed by atoms with Crippen LogP contribution in [0.2, 0.25) is 0 Å². The number of benzene rings is 1. The van der Waals surface area contributed by atoms with Crippen LogP contribution in [0.25, 0.3) is 0 Å². The fraction of sp³-hybridized carbons (Fsp3) is 0.500. The van der Waals surface area contributed by atoms with Crippen molar-refractivity contribution in [3.63, 3.8) is 0 Å². The molecular weight excluding hydrogens is 287 g/mol. The Balaban J connectivity index is 2.20. The number of likely N-dealkylation sites (tertiary alicyclic amines) is 1. The van der Waals surface area contributed by atoms with Crippen molar-refractivity contribution >= 4 is 17.7 Å². The molecule has 20 heavy (non-hydrogen) atoms. The van der Waals surface area contributed by atoms with Gasteiger partial charge in [0.05, 0.1) is 0 Å². The first-order valence-electron chi connectivity index (χ1n) is 6.45. The number of carbonyl (C=O) groups excluding carboxylic acids is 1. The van der Waals surface area contributed by atoms with E-state index in [1.807, 2.05) is 6.26 Å². The Morgan fingerprint density at radius 1 is 1.25 bits per heavy atom. The zero-order valence-corrected chi connectivity index (χ0v) is 11.9. The maximum atomic E-state index is 13.0. The first kappa shape index (κ1) is 15.2. The normalized spacial score (nSPS) is 20.0. The molecule has 2 nitrogen and oxygen atoms in total. The van der Waals surface area contributed by atoms with Crippen molar-refractivity contribution in [2.75, 3.05) is 12.8 Å². The molecule has 0 spiro atoms. The van der Waals surface area contributed by atoms with Crippen LogP contribution in [-0.4, -0.2) is 35.8 Å². The van der Waals surface area contributed by atoms with Gasteiger partial charge in [-0.25, -0.2) is 0 Å². The molecule has 1 fully saturated rings. The Bertz CT molecular complexity index is 472. The summed E-state index contributed by atoms with van der Waals surface area (Å²) in [6.07, 6.45) is -1.31. The van der Waals surface area contributed by atoms with Gasteiger partial charge in [0, 0.05) is 17.0 Å². The highest BCUT2D eigenvalue weighted by Gasteiger charge is 2.46. The van der Waals surface area contributed by atoms with E-state index in [1.165, 1.54) is 11.8 Å². The van der Waals surface area contributed by atoms with Crippen LogP contribution in [0.15, 0.2) is 29.2 Å². The summed E-state index contributed by atoms with van der Waals surface area (Å²) in [7, 11) is 0. The molecule has 1 saturated heterocycles. The molecule has 1 aliphatic heterocycles. The van der Waals surface area contributed by atoms with Crippen LogP contribution in [0.1, 0.15) is 29.6 Å². The van der Waals surface area contributed by atoms with Crippen molar-refractivity contribution in [3.05, 3.63) is 29.8 Å². The maximum absolute atomic E-state index is 13.0. The molecule has 0 aromatic heterocycles. The third kappa shape index (κ3) is 3.29. The van der Waals surface area contributed by atoms with Gasteiger partial charge in [0.15, 0.2) is 0 Å². The van der Waals surface area contributed by atoms with Gasteiger partial charge in [0.25, 0.3) is 5.91 Å². The molecule has 1 aromatic rings. The quantitative estimate of drug-likeness (QED) is 0.771. The number of halogens is 3. The summed E-state index contributed by atoms with van der Waals surface area (Å²) < 4.78 is 39.0. The number of amides is 1. The molecule has 0 saturated carbocycles. The number of piperidine rings is 1. The van der Waals surface area contributed by atoms with E-state index in [-0.39, 0.29) is 13.0 Å². The summed E-state index contributed by atoms with van der Waals surface area (Å²) in [6.45, 7) is 0.174. The first-order valence-corrected chi connectivity index (χ1v) is 7.67. The van der Waals surface area contributed by atoms with E-state index in [1.54, 1.807) is 24.3 Å². The highest BCUT2D eigenvalue weighted by atomic mass is 32.2. The summed E-state index contributed by atoms with van der Waals surface area (Å²) in [5, 5.41) is 0. The number of thioether (sulfide) groups is 1. The van der Waals surface area contributed by atoms with Crippen molar-refractivity contribution < 1.29 is 18.0 Å². The van der Waals surface area contributed by atoms with Gasteiger partial charge in [0.2, 0.25) is 0 Å². The molecule has 1 aliphatic rings. The lowest BCUT2D eigenvalue weighted by Crippen LogP contribution is -2.51. The number of rotatable bonds is 2. The van der Waals surface area contributed by atoms with Crippen molar-refractivity contribution in [1.82, 2.24) is 4.90 Å². The van der Waals surface area contributed by atoms with E-state index in [4.69, 9.17) is 0 Å². The lowest BCUT2D eigenvalue weighted by atomic mass is 10.0. The van der Waals surface area contributed by atoms with Crippen LogP contribution >= 0.6 is 11.8 Å². The van der Waals surface area contributed by atoms with Gasteiger partial charge in [-0.3, -0.25) is 4.79 Å². The van der Waals surface area contributed by atoms with Gasteiger partial charge in [-0.1, -0.05) is 0 Å². The monoisotopic (exact) mass is 303 g/mol.